The molecule has 0 aliphatic carbocycles. The first-order valence-corrected chi connectivity index (χ1v) is 3.49. The zero-order chi connectivity index (χ0) is 6.15. The van der Waals surface area contributed by atoms with E-state index in [0.717, 1.165) is 0 Å². The molecule has 0 fully saturated rings. The smallest absolute Gasteiger partial charge is 0.0639 e. The van der Waals surface area contributed by atoms with Crippen LogP contribution in [0.5, 0.6) is 0 Å². The van der Waals surface area contributed by atoms with Crippen LogP contribution in [-0.4, -0.2) is 2.78 Å². The molecule has 0 atom stereocenters. The van der Waals surface area contributed by atoms with E-state index in [1.807, 2.05) is 0 Å². The molecule has 0 aliphatic rings. The maximum absolute atomic E-state index is 2.28. The highest BCUT2D eigenvalue weighted by Crippen LogP contribution is 2.09. The first-order valence-electron chi connectivity index (χ1n) is 2.53. The third-order valence-electron chi connectivity index (χ3n) is 1.19. The lowest BCUT2D eigenvalue weighted by Gasteiger charge is -1.92. The second-order valence-electron chi connectivity index (χ2n) is 1.90. The first-order chi connectivity index (χ1) is 3.72. The lowest BCUT2D eigenvalue weighted by atomic mass is 10.5. The number of nitrogens with zero attached hydrogens (tertiary/aromatic N) is 1. The summed E-state index contributed by atoms with van der Waals surface area (Å²) >= 11 is 2.28. The van der Waals surface area contributed by atoms with Crippen molar-refractivity contribution in [3.05, 3.63) is 23.5 Å². The van der Waals surface area contributed by atoms with Crippen molar-refractivity contribution in [2.24, 2.45) is 0 Å². The number of aromatic nitrogens is 1. The van der Waals surface area contributed by atoms with Crippen LogP contribution in [0.4, 0.5) is 0 Å². The summed E-state index contributed by atoms with van der Waals surface area (Å²) in [4.78, 5) is 0. The molecule has 1 rings (SSSR count). The minimum atomic E-state index is 1.31. The molecule has 0 aliphatic heterocycles. The van der Waals surface area contributed by atoms with E-state index in [9.17, 15) is 0 Å². The van der Waals surface area contributed by atoms with Gasteiger partial charge in [0.2, 0.25) is 0 Å². The average molecular weight is 221 g/mol. The van der Waals surface area contributed by atoms with Crippen molar-refractivity contribution in [1.82, 2.24) is 2.78 Å². The van der Waals surface area contributed by atoms with Gasteiger partial charge in [-0.1, -0.05) is 0 Å². The number of halogens is 1. The van der Waals surface area contributed by atoms with Gasteiger partial charge in [0.1, 0.15) is 0 Å². The Bertz CT molecular complexity index is 171. The Hall–Kier alpha value is 0.0100. The summed E-state index contributed by atoms with van der Waals surface area (Å²) in [5.74, 6) is 0. The van der Waals surface area contributed by atoms with Gasteiger partial charge in [0.25, 0.3) is 0 Å². The van der Waals surface area contributed by atoms with Crippen molar-refractivity contribution in [1.29, 1.82) is 0 Å². The summed E-state index contributed by atoms with van der Waals surface area (Å²) in [6.07, 6.45) is 0. The van der Waals surface area contributed by atoms with Gasteiger partial charge in [0.05, 0.1) is 22.9 Å². The number of hydrogen-bond acceptors (Lipinski definition) is 0. The van der Waals surface area contributed by atoms with E-state index in [0.29, 0.717) is 0 Å². The van der Waals surface area contributed by atoms with Crippen LogP contribution in [0.15, 0.2) is 12.1 Å². The minimum Gasteiger partial charge on any atom is -0.292 e. The predicted molar refractivity (Wildman–Crippen MR) is 43.3 cm³/mol. The fourth-order valence-corrected chi connectivity index (χ4v) is 0.972. The van der Waals surface area contributed by atoms with E-state index >= 15 is 0 Å². The number of aryl methyl sites for hydroxylation is 2. The summed E-state index contributed by atoms with van der Waals surface area (Å²) in [6, 6.07) is 4.23. The van der Waals surface area contributed by atoms with Crippen LogP contribution in [0.2, 0.25) is 0 Å². The molecule has 0 amide bonds. The lowest BCUT2D eigenvalue weighted by Crippen LogP contribution is -1.82. The summed E-state index contributed by atoms with van der Waals surface area (Å²) in [7, 11) is 0. The third kappa shape index (κ3) is 0.891. The lowest BCUT2D eigenvalue weighted by molar-refractivity contribution is 1.15. The van der Waals surface area contributed by atoms with Crippen molar-refractivity contribution in [2.45, 2.75) is 13.8 Å². The Morgan fingerprint density at radius 3 is 1.75 bits per heavy atom. The molecular formula is C6H8IN. The second-order valence-corrected chi connectivity index (χ2v) is 2.86. The summed E-state index contributed by atoms with van der Waals surface area (Å²) < 4.78 is 2.14. The maximum Gasteiger partial charge on any atom is 0.0639 e. The highest BCUT2D eigenvalue weighted by atomic mass is 127. The van der Waals surface area contributed by atoms with Crippen molar-refractivity contribution >= 4 is 22.9 Å². The maximum atomic E-state index is 2.28. The van der Waals surface area contributed by atoms with Gasteiger partial charge in [-0.05, 0) is 26.0 Å². The Labute approximate surface area is 63.2 Å². The molecule has 2 heteroatoms. The number of hydrogen-bond donors (Lipinski definition) is 0. The number of rotatable bonds is 0. The van der Waals surface area contributed by atoms with Crippen molar-refractivity contribution in [3.63, 3.8) is 0 Å². The zero-order valence-corrected chi connectivity index (χ0v) is 7.14. The van der Waals surface area contributed by atoms with Gasteiger partial charge in [0.15, 0.2) is 0 Å². The molecule has 1 heterocycles. The minimum absolute atomic E-state index is 1.31. The standard InChI is InChI=1S/C6H8IN/c1-5-3-4-6(2)8(5)7/h3-4H,1-2H3. The molecule has 0 N–H and O–H groups in total. The molecule has 0 bridgehead atoms. The molecule has 1 nitrogen and oxygen atoms in total. The van der Waals surface area contributed by atoms with Crippen LogP contribution < -0.4 is 0 Å². The molecule has 44 valence electrons. The van der Waals surface area contributed by atoms with Crippen molar-refractivity contribution in [3.8, 4) is 0 Å². The zero-order valence-electron chi connectivity index (χ0n) is 4.98. The van der Waals surface area contributed by atoms with E-state index in [-0.39, 0.29) is 0 Å². The first kappa shape index (κ1) is 6.13. The largest absolute Gasteiger partial charge is 0.292 e. The fraction of sp³-hybridized carbons (Fsp3) is 0.333. The molecular weight excluding hydrogens is 213 g/mol. The van der Waals surface area contributed by atoms with Crippen LogP contribution in [0.1, 0.15) is 11.4 Å². The second kappa shape index (κ2) is 2.09. The molecule has 8 heavy (non-hydrogen) atoms. The Morgan fingerprint density at radius 1 is 1.25 bits per heavy atom. The van der Waals surface area contributed by atoms with Crippen molar-refractivity contribution in [2.75, 3.05) is 0 Å². The fourth-order valence-electron chi connectivity index (χ4n) is 0.650. The quantitative estimate of drug-likeness (QED) is 0.592. The van der Waals surface area contributed by atoms with Crippen LogP contribution in [0, 0.1) is 13.8 Å². The van der Waals surface area contributed by atoms with E-state index in [4.69, 9.17) is 0 Å². The van der Waals surface area contributed by atoms with E-state index in [1.165, 1.54) is 11.4 Å². The molecule has 0 radical (unpaired) electrons. The van der Waals surface area contributed by atoms with Gasteiger partial charge in [-0.15, -0.1) is 0 Å². The van der Waals surface area contributed by atoms with Gasteiger partial charge < -0.3 is 0 Å². The Balaban J connectivity index is 3.19. The SMILES string of the molecule is Cc1ccc(C)n1I. The van der Waals surface area contributed by atoms with Crippen molar-refractivity contribution < 1.29 is 0 Å². The highest BCUT2D eigenvalue weighted by Gasteiger charge is 1.92. The monoisotopic (exact) mass is 221 g/mol. The van der Waals surface area contributed by atoms with Crippen LogP contribution in [0.3, 0.4) is 0 Å². The summed E-state index contributed by atoms with van der Waals surface area (Å²) in [5, 5.41) is 0. The van der Waals surface area contributed by atoms with Crippen LogP contribution in [0.25, 0.3) is 0 Å². The molecule has 1 aromatic heterocycles. The van der Waals surface area contributed by atoms with E-state index < -0.39 is 0 Å². The third-order valence-corrected chi connectivity index (χ3v) is 2.71. The average Bonchev–Trinajstić information content (AvgIpc) is 1.98. The van der Waals surface area contributed by atoms with E-state index in [2.05, 4.69) is 51.6 Å². The van der Waals surface area contributed by atoms with Gasteiger partial charge in [-0.3, -0.25) is 2.78 Å². The molecule has 0 aromatic carbocycles. The van der Waals surface area contributed by atoms with Gasteiger partial charge in [-0.25, -0.2) is 0 Å². The summed E-state index contributed by atoms with van der Waals surface area (Å²) in [6.45, 7) is 4.19. The topological polar surface area (TPSA) is 4.93 Å². The van der Waals surface area contributed by atoms with Gasteiger partial charge >= 0.3 is 0 Å². The van der Waals surface area contributed by atoms with Gasteiger partial charge in [0, 0.05) is 11.4 Å². The Morgan fingerprint density at radius 2 is 1.62 bits per heavy atom. The molecule has 0 saturated heterocycles. The normalized spacial score (nSPS) is 9.88. The molecule has 0 unspecified atom stereocenters. The Kier molecular flexibility index (Phi) is 1.60. The van der Waals surface area contributed by atoms with Crippen LogP contribution >= 0.6 is 22.9 Å². The highest BCUT2D eigenvalue weighted by molar-refractivity contribution is 14.1. The van der Waals surface area contributed by atoms with Crippen LogP contribution in [-0.2, 0) is 0 Å². The molecule has 0 saturated carbocycles. The van der Waals surface area contributed by atoms with Gasteiger partial charge in [-0.2, -0.15) is 0 Å². The van der Waals surface area contributed by atoms with E-state index in [1.54, 1.807) is 0 Å². The molecule has 1 aromatic rings. The molecule has 0 spiro atoms. The predicted octanol–water partition coefficient (Wildman–Crippen LogP) is 2.30. The summed E-state index contributed by atoms with van der Waals surface area (Å²) in [5.41, 5.74) is 2.62.